The monoisotopic (exact) mass is 219 g/mol. The summed E-state index contributed by atoms with van der Waals surface area (Å²) in [5, 5.41) is 8.85. The number of alkyl halides is 1. The van der Waals surface area contributed by atoms with E-state index in [1.54, 1.807) is 29.3 Å². The highest BCUT2D eigenvalue weighted by Gasteiger charge is 2.27. The maximum absolute atomic E-state index is 14.1. The number of pyridine rings is 1. The zero-order valence-electron chi connectivity index (χ0n) is 9.01. The van der Waals surface area contributed by atoms with Crippen LogP contribution in [0.15, 0.2) is 24.4 Å². The van der Waals surface area contributed by atoms with Crippen molar-refractivity contribution in [3.05, 3.63) is 30.1 Å². The Kier molecular flexibility index (Phi) is 3.47. The van der Waals surface area contributed by atoms with Gasteiger partial charge in [-0.25, -0.2) is 4.39 Å². The average molecular weight is 219 g/mol. The van der Waals surface area contributed by atoms with Gasteiger partial charge in [-0.2, -0.15) is 5.26 Å². The Morgan fingerprint density at radius 1 is 1.56 bits per heavy atom. The topological polar surface area (TPSA) is 39.9 Å². The first-order valence-electron chi connectivity index (χ1n) is 5.50. The normalized spacial score (nSPS) is 23.6. The second-order valence-corrected chi connectivity index (χ2v) is 4.05. The smallest absolute Gasteiger partial charge is 0.196 e. The fourth-order valence-electron chi connectivity index (χ4n) is 2.02. The van der Waals surface area contributed by atoms with Crippen molar-refractivity contribution >= 4 is 0 Å². The second kappa shape index (κ2) is 5.04. The van der Waals surface area contributed by atoms with Gasteiger partial charge in [0.25, 0.3) is 0 Å². The molecule has 1 aromatic heterocycles. The molecule has 0 aromatic carbocycles. The van der Waals surface area contributed by atoms with Crippen LogP contribution in [0.25, 0.3) is 0 Å². The maximum Gasteiger partial charge on any atom is 0.196 e. The molecule has 1 fully saturated rings. The molecule has 2 rings (SSSR count). The summed E-state index contributed by atoms with van der Waals surface area (Å²) in [6.45, 7) is 1.21. The number of hydrogen-bond donors (Lipinski definition) is 0. The van der Waals surface area contributed by atoms with E-state index in [0.717, 1.165) is 12.8 Å². The third-order valence-corrected chi connectivity index (χ3v) is 2.89. The summed E-state index contributed by atoms with van der Waals surface area (Å²) in [4.78, 5) is 5.70. The van der Waals surface area contributed by atoms with Crippen molar-refractivity contribution in [1.82, 2.24) is 9.88 Å². The van der Waals surface area contributed by atoms with E-state index in [9.17, 15) is 4.39 Å². The van der Waals surface area contributed by atoms with Crippen LogP contribution in [-0.2, 0) is 0 Å². The zero-order chi connectivity index (χ0) is 11.4. The van der Waals surface area contributed by atoms with Crippen LogP contribution in [0.1, 0.15) is 24.8 Å². The van der Waals surface area contributed by atoms with E-state index in [2.05, 4.69) is 11.1 Å². The number of nitriles is 1. The molecule has 0 radical (unpaired) electrons. The van der Waals surface area contributed by atoms with E-state index in [1.165, 1.54) is 0 Å². The molecular weight excluding hydrogens is 205 g/mol. The van der Waals surface area contributed by atoms with Crippen LogP contribution >= 0.6 is 0 Å². The molecule has 4 heteroatoms. The lowest BCUT2D eigenvalue weighted by atomic mass is 9.99. The Balaban J connectivity index is 2.05. The molecule has 2 unspecified atom stereocenters. The van der Waals surface area contributed by atoms with Crippen molar-refractivity contribution in [3.63, 3.8) is 0 Å². The zero-order valence-corrected chi connectivity index (χ0v) is 9.01. The van der Waals surface area contributed by atoms with Crippen molar-refractivity contribution in [2.24, 2.45) is 5.92 Å². The van der Waals surface area contributed by atoms with E-state index in [0.29, 0.717) is 18.8 Å². The summed E-state index contributed by atoms with van der Waals surface area (Å²) >= 11 is 0. The predicted molar refractivity (Wildman–Crippen MR) is 58.0 cm³/mol. The summed E-state index contributed by atoms with van der Waals surface area (Å²) in [6, 6.07) is 7.44. The molecule has 1 aromatic rings. The van der Waals surface area contributed by atoms with Gasteiger partial charge in [-0.1, -0.05) is 6.07 Å². The summed E-state index contributed by atoms with van der Waals surface area (Å²) < 4.78 is 14.1. The first-order chi connectivity index (χ1) is 7.81. The largest absolute Gasteiger partial charge is 0.268 e. The minimum absolute atomic E-state index is 0.0456. The highest BCUT2D eigenvalue weighted by molar-refractivity contribution is 5.07. The number of piperidine rings is 1. The molecule has 1 aliphatic heterocycles. The molecule has 0 bridgehead atoms. The van der Waals surface area contributed by atoms with E-state index < -0.39 is 6.30 Å². The maximum atomic E-state index is 14.1. The van der Waals surface area contributed by atoms with Crippen molar-refractivity contribution in [2.45, 2.75) is 19.1 Å². The van der Waals surface area contributed by atoms with Gasteiger partial charge in [0.05, 0.1) is 17.7 Å². The van der Waals surface area contributed by atoms with Gasteiger partial charge < -0.3 is 0 Å². The third kappa shape index (κ3) is 2.37. The molecule has 2 atom stereocenters. The van der Waals surface area contributed by atoms with Gasteiger partial charge in [-0.05, 0) is 25.0 Å². The lowest BCUT2D eigenvalue weighted by molar-refractivity contribution is 0.0480. The van der Waals surface area contributed by atoms with Crippen molar-refractivity contribution in [2.75, 3.05) is 13.1 Å². The molecule has 0 spiro atoms. The van der Waals surface area contributed by atoms with Crippen LogP contribution < -0.4 is 0 Å². The van der Waals surface area contributed by atoms with Gasteiger partial charge >= 0.3 is 0 Å². The van der Waals surface area contributed by atoms with E-state index in [1.807, 2.05) is 0 Å². The molecule has 1 saturated heterocycles. The van der Waals surface area contributed by atoms with Crippen LogP contribution in [0.3, 0.4) is 0 Å². The Labute approximate surface area is 94.5 Å². The summed E-state index contributed by atoms with van der Waals surface area (Å²) in [6.07, 6.45) is 2.17. The van der Waals surface area contributed by atoms with Crippen LogP contribution in [0.2, 0.25) is 0 Å². The minimum Gasteiger partial charge on any atom is -0.268 e. The van der Waals surface area contributed by atoms with Crippen LogP contribution in [0.5, 0.6) is 0 Å². The van der Waals surface area contributed by atoms with E-state index in [4.69, 9.17) is 5.26 Å². The number of nitrogens with zero attached hydrogens (tertiary/aromatic N) is 3. The number of hydrogen-bond acceptors (Lipinski definition) is 3. The molecule has 0 aliphatic carbocycles. The van der Waals surface area contributed by atoms with Crippen molar-refractivity contribution in [3.8, 4) is 6.07 Å². The summed E-state index contributed by atoms with van der Waals surface area (Å²) in [5.74, 6) is -0.0456. The number of halogens is 1. The molecule has 2 heterocycles. The SMILES string of the molecule is N#CC1CCCN(C(F)c2ccccn2)C1. The molecule has 3 nitrogen and oxygen atoms in total. The molecule has 16 heavy (non-hydrogen) atoms. The van der Waals surface area contributed by atoms with Gasteiger partial charge in [0.1, 0.15) is 0 Å². The van der Waals surface area contributed by atoms with Gasteiger partial charge in [-0.3, -0.25) is 9.88 Å². The van der Waals surface area contributed by atoms with E-state index in [-0.39, 0.29) is 5.92 Å². The lowest BCUT2D eigenvalue weighted by Crippen LogP contribution is -2.36. The quantitative estimate of drug-likeness (QED) is 0.716. The van der Waals surface area contributed by atoms with E-state index >= 15 is 0 Å². The van der Waals surface area contributed by atoms with Gasteiger partial charge in [-0.15, -0.1) is 0 Å². The Hall–Kier alpha value is -1.47. The molecule has 0 amide bonds. The third-order valence-electron chi connectivity index (χ3n) is 2.89. The minimum atomic E-state index is -1.18. The van der Waals surface area contributed by atoms with Crippen LogP contribution in [0, 0.1) is 17.2 Å². The molecule has 1 aliphatic rings. The Morgan fingerprint density at radius 2 is 2.44 bits per heavy atom. The molecule has 0 saturated carbocycles. The number of aromatic nitrogens is 1. The summed E-state index contributed by atoms with van der Waals surface area (Å²) in [5.41, 5.74) is 0.432. The fourth-order valence-corrected chi connectivity index (χ4v) is 2.02. The lowest BCUT2D eigenvalue weighted by Gasteiger charge is -2.31. The summed E-state index contributed by atoms with van der Waals surface area (Å²) in [7, 11) is 0. The average Bonchev–Trinajstić information content (AvgIpc) is 2.39. The number of rotatable bonds is 2. The van der Waals surface area contributed by atoms with Gasteiger partial charge in [0.2, 0.25) is 0 Å². The first kappa shape index (κ1) is 11.0. The van der Waals surface area contributed by atoms with Crippen LogP contribution in [-0.4, -0.2) is 23.0 Å². The standard InChI is InChI=1S/C12H14FN3/c13-12(11-5-1-2-6-15-11)16-7-3-4-10(8-14)9-16/h1-2,5-6,10,12H,3-4,7,9H2. The van der Waals surface area contributed by atoms with Crippen molar-refractivity contribution in [1.29, 1.82) is 5.26 Å². The van der Waals surface area contributed by atoms with Crippen molar-refractivity contribution < 1.29 is 4.39 Å². The Morgan fingerprint density at radius 3 is 3.12 bits per heavy atom. The second-order valence-electron chi connectivity index (χ2n) is 4.05. The fraction of sp³-hybridized carbons (Fsp3) is 0.500. The highest BCUT2D eigenvalue weighted by atomic mass is 19.1. The first-order valence-corrected chi connectivity index (χ1v) is 5.50. The predicted octanol–water partition coefficient (Wildman–Crippen LogP) is 2.29. The molecule has 84 valence electrons. The van der Waals surface area contributed by atoms with Crippen LogP contribution in [0.4, 0.5) is 4.39 Å². The number of likely N-dealkylation sites (tertiary alicyclic amines) is 1. The molecule has 0 N–H and O–H groups in total. The Bertz CT molecular complexity index is 374. The van der Waals surface area contributed by atoms with Gasteiger partial charge in [0, 0.05) is 19.3 Å². The van der Waals surface area contributed by atoms with Gasteiger partial charge in [0.15, 0.2) is 6.30 Å². The highest BCUT2D eigenvalue weighted by Crippen LogP contribution is 2.26. The molecular formula is C12H14FN3.